The van der Waals surface area contributed by atoms with Gasteiger partial charge >= 0.3 is 0 Å². The molecule has 1 unspecified atom stereocenters. The zero-order chi connectivity index (χ0) is 23.2. The van der Waals surface area contributed by atoms with Crippen molar-refractivity contribution in [1.29, 1.82) is 0 Å². The fraction of sp³-hybridized carbons (Fsp3) is 0.500. The summed E-state index contributed by atoms with van der Waals surface area (Å²) in [6.45, 7) is 4.78. The number of fused-ring (bicyclic) bond motifs is 1. The van der Waals surface area contributed by atoms with Crippen molar-refractivity contribution >= 4 is 17.7 Å². The van der Waals surface area contributed by atoms with E-state index in [0.717, 1.165) is 61.5 Å². The zero-order valence-electron chi connectivity index (χ0n) is 19.0. The summed E-state index contributed by atoms with van der Waals surface area (Å²) in [4.78, 5) is 45.2. The zero-order valence-corrected chi connectivity index (χ0v) is 19.0. The molecule has 1 atom stereocenters. The Kier molecular flexibility index (Phi) is 7.39. The Morgan fingerprint density at radius 2 is 2.03 bits per heavy atom. The summed E-state index contributed by atoms with van der Waals surface area (Å²) in [5.41, 5.74) is 3.64. The van der Waals surface area contributed by atoms with Gasteiger partial charge in [0.1, 0.15) is 11.8 Å². The molecule has 1 saturated heterocycles. The van der Waals surface area contributed by atoms with Gasteiger partial charge in [0.2, 0.25) is 11.8 Å². The lowest BCUT2D eigenvalue weighted by Crippen LogP contribution is -2.52. The fourth-order valence-corrected chi connectivity index (χ4v) is 4.31. The summed E-state index contributed by atoms with van der Waals surface area (Å²) in [6.07, 6.45) is 6.65. The Morgan fingerprint density at radius 1 is 1.18 bits per heavy atom. The molecule has 0 spiro atoms. The van der Waals surface area contributed by atoms with E-state index in [1.54, 1.807) is 17.3 Å². The Labute approximate surface area is 193 Å². The number of benzene rings is 1. The highest BCUT2D eigenvalue weighted by atomic mass is 16.5. The summed E-state index contributed by atoms with van der Waals surface area (Å²) in [6, 6.07) is 4.88. The van der Waals surface area contributed by atoms with Gasteiger partial charge in [0.05, 0.1) is 18.6 Å². The molecule has 4 rings (SSSR count). The first-order valence-corrected chi connectivity index (χ1v) is 11.6. The number of aryl methyl sites for hydroxylation is 1. The van der Waals surface area contributed by atoms with E-state index in [2.05, 4.69) is 20.6 Å². The number of imidazole rings is 1. The summed E-state index contributed by atoms with van der Waals surface area (Å²) in [7, 11) is 0. The molecule has 2 aromatic rings. The molecule has 9 heteroatoms. The van der Waals surface area contributed by atoms with E-state index in [4.69, 9.17) is 4.74 Å². The summed E-state index contributed by atoms with van der Waals surface area (Å²) in [5.74, 6) is -0.100. The van der Waals surface area contributed by atoms with E-state index >= 15 is 0 Å². The third-order valence-corrected chi connectivity index (χ3v) is 6.24. The van der Waals surface area contributed by atoms with Gasteiger partial charge < -0.3 is 19.9 Å². The SMILES string of the molecule is Cc1[nH]cnc1CNCCCCCCOc1ccc2c(c1)CN(C1CCC(=O)NC1=O)C2=O. The molecule has 1 aromatic carbocycles. The lowest BCUT2D eigenvalue weighted by atomic mass is 10.0. The maximum absolute atomic E-state index is 12.7. The Balaban J connectivity index is 1.14. The topological polar surface area (TPSA) is 116 Å². The molecule has 33 heavy (non-hydrogen) atoms. The van der Waals surface area contributed by atoms with Gasteiger partial charge in [-0.1, -0.05) is 12.8 Å². The number of aromatic amines is 1. The van der Waals surface area contributed by atoms with Crippen molar-refractivity contribution < 1.29 is 19.1 Å². The number of hydrogen-bond donors (Lipinski definition) is 3. The number of nitrogens with zero attached hydrogens (tertiary/aromatic N) is 2. The van der Waals surface area contributed by atoms with Crippen molar-refractivity contribution in [2.45, 2.75) is 64.6 Å². The van der Waals surface area contributed by atoms with Crippen molar-refractivity contribution in [2.75, 3.05) is 13.2 Å². The molecule has 0 saturated carbocycles. The number of amides is 3. The second-order valence-corrected chi connectivity index (χ2v) is 8.63. The molecule has 0 aliphatic carbocycles. The molecule has 3 heterocycles. The van der Waals surface area contributed by atoms with Gasteiger partial charge in [-0.3, -0.25) is 19.7 Å². The predicted molar refractivity (Wildman–Crippen MR) is 121 cm³/mol. The molecule has 3 N–H and O–H groups in total. The minimum atomic E-state index is -0.593. The first kappa shape index (κ1) is 23.0. The number of piperidine rings is 1. The van der Waals surface area contributed by atoms with E-state index in [-0.39, 0.29) is 18.2 Å². The standard InChI is InChI=1S/C24H31N5O4/c1-16-20(27-15-26-16)13-25-10-4-2-3-5-11-33-18-6-7-19-17(12-18)14-29(24(19)32)21-8-9-22(30)28-23(21)31/h6-7,12,15,21,25H,2-5,8-11,13-14H2,1H3,(H,26,27)(H,28,30,31). The molecule has 0 bridgehead atoms. The highest BCUT2D eigenvalue weighted by molar-refractivity contribution is 6.05. The van der Waals surface area contributed by atoms with Crippen molar-refractivity contribution in [3.05, 3.63) is 47.0 Å². The van der Waals surface area contributed by atoms with Crippen LogP contribution in [0.25, 0.3) is 0 Å². The average molecular weight is 454 g/mol. The second kappa shape index (κ2) is 10.6. The lowest BCUT2D eigenvalue weighted by molar-refractivity contribution is -0.136. The van der Waals surface area contributed by atoms with Gasteiger partial charge in [0.25, 0.3) is 5.91 Å². The van der Waals surface area contributed by atoms with E-state index in [9.17, 15) is 14.4 Å². The minimum Gasteiger partial charge on any atom is -0.494 e. The van der Waals surface area contributed by atoms with Gasteiger partial charge in [-0.25, -0.2) is 4.98 Å². The number of nitrogens with one attached hydrogen (secondary N) is 3. The molecule has 3 amide bonds. The summed E-state index contributed by atoms with van der Waals surface area (Å²) in [5, 5.41) is 5.74. The van der Waals surface area contributed by atoms with Crippen LogP contribution in [-0.4, -0.2) is 51.8 Å². The Hall–Kier alpha value is -3.20. The van der Waals surface area contributed by atoms with Gasteiger partial charge in [0.15, 0.2) is 0 Å². The van der Waals surface area contributed by atoms with Crippen LogP contribution < -0.4 is 15.4 Å². The monoisotopic (exact) mass is 453 g/mol. The summed E-state index contributed by atoms with van der Waals surface area (Å²) < 4.78 is 5.89. The number of carbonyl (C=O) groups excluding carboxylic acids is 3. The number of imide groups is 1. The number of ether oxygens (including phenoxy) is 1. The quantitative estimate of drug-likeness (QED) is 0.355. The van der Waals surface area contributed by atoms with E-state index in [0.29, 0.717) is 25.1 Å². The second-order valence-electron chi connectivity index (χ2n) is 8.63. The fourth-order valence-electron chi connectivity index (χ4n) is 4.31. The smallest absolute Gasteiger partial charge is 0.255 e. The van der Waals surface area contributed by atoms with Crippen LogP contribution in [-0.2, 0) is 22.7 Å². The van der Waals surface area contributed by atoms with E-state index in [1.807, 2.05) is 19.1 Å². The maximum Gasteiger partial charge on any atom is 0.255 e. The third-order valence-electron chi connectivity index (χ3n) is 6.24. The highest BCUT2D eigenvalue weighted by Crippen LogP contribution is 2.30. The Bertz CT molecular complexity index is 1020. The normalized spacial score (nSPS) is 17.9. The van der Waals surface area contributed by atoms with Crippen molar-refractivity contribution in [2.24, 2.45) is 0 Å². The van der Waals surface area contributed by atoms with Crippen LogP contribution in [0.5, 0.6) is 5.75 Å². The van der Waals surface area contributed by atoms with E-state index in [1.165, 1.54) is 0 Å². The van der Waals surface area contributed by atoms with Gasteiger partial charge in [-0.15, -0.1) is 0 Å². The van der Waals surface area contributed by atoms with Crippen LogP contribution in [0.15, 0.2) is 24.5 Å². The van der Waals surface area contributed by atoms with Gasteiger partial charge in [0, 0.05) is 30.8 Å². The van der Waals surface area contributed by atoms with Crippen LogP contribution in [0.3, 0.4) is 0 Å². The van der Waals surface area contributed by atoms with Crippen LogP contribution >= 0.6 is 0 Å². The van der Waals surface area contributed by atoms with Crippen molar-refractivity contribution in [3.8, 4) is 5.75 Å². The average Bonchev–Trinajstić information content (AvgIpc) is 3.35. The van der Waals surface area contributed by atoms with Crippen molar-refractivity contribution in [3.63, 3.8) is 0 Å². The highest BCUT2D eigenvalue weighted by Gasteiger charge is 2.39. The molecule has 9 nitrogen and oxygen atoms in total. The van der Waals surface area contributed by atoms with Crippen molar-refractivity contribution in [1.82, 2.24) is 25.5 Å². The third kappa shape index (κ3) is 5.60. The first-order valence-electron chi connectivity index (χ1n) is 11.6. The molecular weight excluding hydrogens is 422 g/mol. The lowest BCUT2D eigenvalue weighted by Gasteiger charge is -2.29. The largest absolute Gasteiger partial charge is 0.494 e. The van der Waals surface area contributed by atoms with Gasteiger partial charge in [-0.05, 0) is 56.5 Å². The predicted octanol–water partition coefficient (Wildman–Crippen LogP) is 2.21. The molecule has 0 radical (unpaired) electrons. The first-order chi connectivity index (χ1) is 16.0. The molecule has 2 aliphatic rings. The molecule has 2 aliphatic heterocycles. The molecule has 1 aromatic heterocycles. The van der Waals surface area contributed by atoms with Crippen LogP contribution in [0.1, 0.15) is 65.8 Å². The Morgan fingerprint density at radius 3 is 2.82 bits per heavy atom. The number of hydrogen-bond acceptors (Lipinski definition) is 6. The van der Waals surface area contributed by atoms with Crippen LogP contribution in [0, 0.1) is 6.92 Å². The molecular formula is C24H31N5O4. The molecule has 176 valence electrons. The van der Waals surface area contributed by atoms with Crippen LogP contribution in [0.2, 0.25) is 0 Å². The number of unbranched alkanes of at least 4 members (excludes halogenated alkanes) is 3. The van der Waals surface area contributed by atoms with Gasteiger partial charge in [-0.2, -0.15) is 0 Å². The number of H-pyrrole nitrogens is 1. The number of carbonyl (C=O) groups is 3. The number of rotatable bonds is 11. The van der Waals surface area contributed by atoms with Crippen LogP contribution in [0.4, 0.5) is 0 Å². The minimum absolute atomic E-state index is 0.165. The maximum atomic E-state index is 12.7. The summed E-state index contributed by atoms with van der Waals surface area (Å²) >= 11 is 0. The molecule has 1 fully saturated rings. The van der Waals surface area contributed by atoms with E-state index < -0.39 is 11.9 Å². The number of aromatic nitrogens is 2.